The molecule has 0 saturated heterocycles. The predicted octanol–water partition coefficient (Wildman–Crippen LogP) is 2.89. The van der Waals surface area contributed by atoms with Crippen LogP contribution in [0.2, 0.25) is 0 Å². The molecule has 0 unspecified atom stereocenters. The number of pyridine rings is 1. The first-order chi connectivity index (χ1) is 9.71. The van der Waals surface area contributed by atoms with Crippen molar-refractivity contribution in [2.24, 2.45) is 5.73 Å². The van der Waals surface area contributed by atoms with Gasteiger partial charge in [-0.25, -0.2) is 4.98 Å². The van der Waals surface area contributed by atoms with Crippen molar-refractivity contribution in [1.29, 1.82) is 0 Å². The summed E-state index contributed by atoms with van der Waals surface area (Å²) in [5, 5.41) is 11.8. The van der Waals surface area contributed by atoms with Gasteiger partial charge in [0.2, 0.25) is 0 Å². The van der Waals surface area contributed by atoms with E-state index in [-0.39, 0.29) is 5.75 Å². The number of fused-ring (bicyclic) bond motifs is 1. The Morgan fingerprint density at radius 1 is 1.25 bits per heavy atom. The normalized spacial score (nSPS) is 11.2. The van der Waals surface area contributed by atoms with E-state index in [0.717, 1.165) is 36.0 Å². The van der Waals surface area contributed by atoms with Gasteiger partial charge in [-0.1, -0.05) is 19.9 Å². The Labute approximate surface area is 120 Å². The summed E-state index contributed by atoms with van der Waals surface area (Å²) in [6.45, 7) is 5.72. The maximum Gasteiger partial charge on any atom is 0.136 e. The van der Waals surface area contributed by atoms with Gasteiger partial charge >= 0.3 is 0 Å². The van der Waals surface area contributed by atoms with Gasteiger partial charge in [0, 0.05) is 30.7 Å². The number of benzene rings is 1. The minimum atomic E-state index is 0.268. The van der Waals surface area contributed by atoms with Crippen LogP contribution >= 0.6 is 0 Å². The molecule has 4 nitrogen and oxygen atoms in total. The van der Waals surface area contributed by atoms with Crippen LogP contribution in [-0.4, -0.2) is 29.2 Å². The van der Waals surface area contributed by atoms with E-state index in [9.17, 15) is 5.11 Å². The molecule has 2 rings (SSSR count). The van der Waals surface area contributed by atoms with Crippen molar-refractivity contribution in [1.82, 2.24) is 4.98 Å². The summed E-state index contributed by atoms with van der Waals surface area (Å²) < 4.78 is 0. The number of aromatic nitrogens is 1. The first kappa shape index (κ1) is 14.6. The van der Waals surface area contributed by atoms with Crippen LogP contribution < -0.4 is 10.6 Å². The molecule has 20 heavy (non-hydrogen) atoms. The molecule has 1 aromatic carbocycles. The number of phenolic OH excluding ortho intramolecular Hbond substituents is 1. The van der Waals surface area contributed by atoms with Crippen LogP contribution in [0.5, 0.6) is 5.75 Å². The van der Waals surface area contributed by atoms with E-state index in [1.54, 1.807) is 12.1 Å². The van der Waals surface area contributed by atoms with Crippen molar-refractivity contribution in [3.63, 3.8) is 0 Å². The van der Waals surface area contributed by atoms with Gasteiger partial charge in [0.05, 0.1) is 0 Å². The Balaban J connectivity index is 2.54. The smallest absolute Gasteiger partial charge is 0.136 e. The molecule has 2 aromatic rings. The lowest BCUT2D eigenvalue weighted by Gasteiger charge is -2.32. The molecule has 0 radical (unpaired) electrons. The summed E-state index contributed by atoms with van der Waals surface area (Å²) in [4.78, 5) is 6.81. The number of hydrogen-bond acceptors (Lipinski definition) is 4. The summed E-state index contributed by atoms with van der Waals surface area (Å²) in [6.07, 6.45) is 3.92. The summed E-state index contributed by atoms with van der Waals surface area (Å²) in [5.74, 6) is 1.18. The maximum absolute atomic E-state index is 9.75. The number of rotatable bonds is 6. The van der Waals surface area contributed by atoms with Gasteiger partial charge < -0.3 is 15.7 Å². The van der Waals surface area contributed by atoms with E-state index < -0.39 is 0 Å². The summed E-state index contributed by atoms with van der Waals surface area (Å²) in [5.41, 5.74) is 5.77. The molecule has 0 aliphatic rings. The SMILES string of the molecule is CCC(CC)N(CCN)c1nccc2ccc(O)cc12. The van der Waals surface area contributed by atoms with Gasteiger partial charge in [-0.05, 0) is 36.4 Å². The van der Waals surface area contributed by atoms with Crippen molar-refractivity contribution < 1.29 is 5.11 Å². The highest BCUT2D eigenvalue weighted by molar-refractivity contribution is 5.93. The third-order valence-electron chi connectivity index (χ3n) is 3.75. The number of aromatic hydroxyl groups is 1. The van der Waals surface area contributed by atoms with E-state index >= 15 is 0 Å². The highest BCUT2D eigenvalue weighted by Gasteiger charge is 2.18. The lowest BCUT2D eigenvalue weighted by atomic mass is 10.1. The molecule has 0 aliphatic heterocycles. The van der Waals surface area contributed by atoms with Crippen LogP contribution in [0.1, 0.15) is 26.7 Å². The average molecular weight is 273 g/mol. The van der Waals surface area contributed by atoms with Crippen molar-refractivity contribution in [2.45, 2.75) is 32.7 Å². The molecular formula is C16H23N3O. The molecule has 1 aromatic heterocycles. The van der Waals surface area contributed by atoms with Crippen molar-refractivity contribution >= 4 is 16.6 Å². The molecule has 0 aliphatic carbocycles. The number of nitrogens with two attached hydrogens (primary N) is 1. The second kappa shape index (κ2) is 6.57. The second-order valence-electron chi connectivity index (χ2n) is 4.99. The van der Waals surface area contributed by atoms with Gasteiger partial charge in [-0.15, -0.1) is 0 Å². The average Bonchev–Trinajstić information content (AvgIpc) is 2.47. The molecule has 0 bridgehead atoms. The fraction of sp³-hybridized carbons (Fsp3) is 0.438. The van der Waals surface area contributed by atoms with Crippen LogP contribution in [0.25, 0.3) is 10.8 Å². The Morgan fingerprint density at radius 3 is 2.65 bits per heavy atom. The number of anilines is 1. The third kappa shape index (κ3) is 2.85. The highest BCUT2D eigenvalue weighted by Crippen LogP contribution is 2.29. The van der Waals surface area contributed by atoms with Gasteiger partial charge in [-0.3, -0.25) is 0 Å². The highest BCUT2D eigenvalue weighted by atomic mass is 16.3. The topological polar surface area (TPSA) is 62.4 Å². The Hall–Kier alpha value is -1.81. The molecule has 0 amide bonds. The molecule has 0 fully saturated rings. The third-order valence-corrected chi connectivity index (χ3v) is 3.75. The quantitative estimate of drug-likeness (QED) is 0.849. The lowest BCUT2D eigenvalue weighted by molar-refractivity contribution is 0.476. The molecular weight excluding hydrogens is 250 g/mol. The second-order valence-corrected chi connectivity index (χ2v) is 4.99. The van der Waals surface area contributed by atoms with Gasteiger partial charge in [0.25, 0.3) is 0 Å². The fourth-order valence-electron chi connectivity index (χ4n) is 2.70. The van der Waals surface area contributed by atoms with E-state index in [2.05, 4.69) is 23.7 Å². The summed E-state index contributed by atoms with van der Waals surface area (Å²) in [6, 6.07) is 7.79. The molecule has 0 spiro atoms. The van der Waals surface area contributed by atoms with E-state index in [4.69, 9.17) is 5.73 Å². The number of nitrogens with zero attached hydrogens (tertiary/aromatic N) is 2. The number of phenols is 1. The Kier molecular flexibility index (Phi) is 4.79. The zero-order chi connectivity index (χ0) is 14.5. The maximum atomic E-state index is 9.75. The molecule has 0 atom stereocenters. The first-order valence-corrected chi connectivity index (χ1v) is 7.25. The molecule has 4 heteroatoms. The largest absolute Gasteiger partial charge is 0.508 e. The van der Waals surface area contributed by atoms with Crippen LogP contribution in [-0.2, 0) is 0 Å². The van der Waals surface area contributed by atoms with Gasteiger partial charge in [-0.2, -0.15) is 0 Å². The zero-order valence-corrected chi connectivity index (χ0v) is 12.2. The van der Waals surface area contributed by atoms with Crippen LogP contribution in [0, 0.1) is 0 Å². The van der Waals surface area contributed by atoms with E-state index in [0.29, 0.717) is 12.6 Å². The first-order valence-electron chi connectivity index (χ1n) is 7.25. The van der Waals surface area contributed by atoms with E-state index in [1.807, 2.05) is 18.3 Å². The van der Waals surface area contributed by atoms with Crippen LogP contribution in [0.15, 0.2) is 30.5 Å². The summed E-state index contributed by atoms with van der Waals surface area (Å²) in [7, 11) is 0. The minimum absolute atomic E-state index is 0.268. The van der Waals surface area contributed by atoms with Crippen LogP contribution in [0.4, 0.5) is 5.82 Å². The van der Waals surface area contributed by atoms with Crippen LogP contribution in [0.3, 0.4) is 0 Å². The number of hydrogen-bond donors (Lipinski definition) is 2. The molecule has 1 heterocycles. The monoisotopic (exact) mass is 273 g/mol. The molecule has 3 N–H and O–H groups in total. The predicted molar refractivity (Wildman–Crippen MR) is 84.2 cm³/mol. The molecule has 0 saturated carbocycles. The van der Waals surface area contributed by atoms with E-state index in [1.165, 1.54) is 0 Å². The van der Waals surface area contributed by atoms with Crippen molar-refractivity contribution in [3.05, 3.63) is 30.5 Å². The lowest BCUT2D eigenvalue weighted by Crippen LogP contribution is -2.39. The van der Waals surface area contributed by atoms with Crippen molar-refractivity contribution in [2.75, 3.05) is 18.0 Å². The summed E-state index contributed by atoms with van der Waals surface area (Å²) >= 11 is 0. The minimum Gasteiger partial charge on any atom is -0.508 e. The Morgan fingerprint density at radius 2 is 2.00 bits per heavy atom. The van der Waals surface area contributed by atoms with Gasteiger partial charge in [0.15, 0.2) is 0 Å². The molecule has 108 valence electrons. The zero-order valence-electron chi connectivity index (χ0n) is 12.2. The standard InChI is InChI=1S/C16H23N3O/c1-3-13(4-2)19(10-8-17)16-15-11-14(20)6-5-12(15)7-9-18-16/h5-7,9,11,13,20H,3-4,8,10,17H2,1-2H3. The van der Waals surface area contributed by atoms with Crippen molar-refractivity contribution in [3.8, 4) is 5.75 Å². The fourth-order valence-corrected chi connectivity index (χ4v) is 2.70. The Bertz CT molecular complexity index is 567. The van der Waals surface area contributed by atoms with Gasteiger partial charge in [0.1, 0.15) is 11.6 Å².